The Morgan fingerprint density at radius 2 is 1.89 bits per heavy atom. The number of halogens is 3. The summed E-state index contributed by atoms with van der Waals surface area (Å²) in [5.41, 5.74) is 3.07. The normalized spacial score (nSPS) is 17.3. The first-order valence-electron chi connectivity index (χ1n) is 6.00. The van der Waals surface area contributed by atoms with E-state index >= 15 is 0 Å². The van der Waals surface area contributed by atoms with Gasteiger partial charge >= 0.3 is 0 Å². The van der Waals surface area contributed by atoms with Gasteiger partial charge in [0.1, 0.15) is 0 Å². The maximum Gasteiger partial charge on any atom is 0.0725 e. The van der Waals surface area contributed by atoms with Crippen molar-refractivity contribution in [1.82, 2.24) is 4.98 Å². The smallest absolute Gasteiger partial charge is 0.0725 e. The lowest BCUT2D eigenvalue weighted by molar-refractivity contribution is 0.746. The van der Waals surface area contributed by atoms with Crippen molar-refractivity contribution in [3.8, 4) is 0 Å². The van der Waals surface area contributed by atoms with Crippen LogP contribution >= 0.6 is 34.8 Å². The van der Waals surface area contributed by atoms with Crippen molar-refractivity contribution < 1.29 is 0 Å². The second-order valence-electron chi connectivity index (χ2n) is 4.53. The molecule has 1 aromatic heterocycles. The summed E-state index contributed by atoms with van der Waals surface area (Å²) >= 11 is 18.3. The molecule has 1 aromatic carbocycles. The minimum atomic E-state index is 0.146. The van der Waals surface area contributed by atoms with Crippen LogP contribution in [-0.2, 0) is 6.42 Å². The lowest BCUT2D eigenvalue weighted by atomic mass is 10.2. The van der Waals surface area contributed by atoms with Gasteiger partial charge in [-0.05, 0) is 36.6 Å². The van der Waals surface area contributed by atoms with E-state index in [1.165, 1.54) is 5.56 Å². The number of nitrogens with zero attached hydrogens (tertiary/aromatic N) is 1. The maximum absolute atomic E-state index is 6.19. The molecule has 1 atom stereocenters. The largest absolute Gasteiger partial charge is 0.374 e. The molecular formula is C14H11Cl3N2. The third-order valence-corrected chi connectivity index (χ3v) is 4.10. The van der Waals surface area contributed by atoms with E-state index in [9.17, 15) is 0 Å². The molecule has 0 saturated carbocycles. The Labute approximate surface area is 126 Å². The Morgan fingerprint density at radius 3 is 2.63 bits per heavy atom. The zero-order valence-electron chi connectivity index (χ0n) is 9.96. The van der Waals surface area contributed by atoms with Gasteiger partial charge in [0.2, 0.25) is 0 Å². The molecule has 98 valence electrons. The number of aromatic nitrogens is 1. The summed E-state index contributed by atoms with van der Waals surface area (Å²) in [6, 6.07) is 7.59. The van der Waals surface area contributed by atoms with E-state index in [4.69, 9.17) is 34.8 Å². The molecule has 0 bridgehead atoms. The molecule has 1 aliphatic carbocycles. The Hall–Kier alpha value is -0.960. The van der Waals surface area contributed by atoms with Gasteiger partial charge < -0.3 is 5.32 Å². The van der Waals surface area contributed by atoms with E-state index in [0.717, 1.165) is 24.2 Å². The van der Waals surface area contributed by atoms with Gasteiger partial charge in [-0.25, -0.2) is 0 Å². The highest BCUT2D eigenvalue weighted by atomic mass is 35.5. The quantitative estimate of drug-likeness (QED) is 0.830. The van der Waals surface area contributed by atoms with Crippen LogP contribution in [0.2, 0.25) is 15.1 Å². The lowest BCUT2D eigenvalue weighted by Gasteiger charge is -2.17. The summed E-state index contributed by atoms with van der Waals surface area (Å²) < 4.78 is 0. The minimum Gasteiger partial charge on any atom is -0.374 e. The van der Waals surface area contributed by atoms with Gasteiger partial charge in [0.25, 0.3) is 0 Å². The van der Waals surface area contributed by atoms with Crippen molar-refractivity contribution in [3.05, 3.63) is 56.8 Å². The van der Waals surface area contributed by atoms with Crippen LogP contribution in [0.1, 0.15) is 23.7 Å². The second-order valence-corrected chi connectivity index (χ2v) is 5.78. The van der Waals surface area contributed by atoms with Crippen LogP contribution in [0, 0.1) is 0 Å². The van der Waals surface area contributed by atoms with Gasteiger partial charge in [0, 0.05) is 11.2 Å². The average molecular weight is 314 g/mol. The van der Waals surface area contributed by atoms with Gasteiger partial charge in [-0.3, -0.25) is 4.98 Å². The fourth-order valence-electron chi connectivity index (χ4n) is 2.41. The molecule has 2 aromatic rings. The van der Waals surface area contributed by atoms with E-state index in [1.807, 2.05) is 12.3 Å². The number of nitrogens with one attached hydrogen (secondary N) is 1. The zero-order chi connectivity index (χ0) is 13.4. The molecule has 0 radical (unpaired) electrons. The SMILES string of the molecule is Clc1cc(Cl)c(NC2CCc3cccnc32)c(Cl)c1. The third kappa shape index (κ3) is 2.53. The molecule has 19 heavy (non-hydrogen) atoms. The zero-order valence-corrected chi connectivity index (χ0v) is 12.2. The number of pyridine rings is 1. The molecule has 5 heteroatoms. The van der Waals surface area contributed by atoms with Crippen molar-refractivity contribution >= 4 is 40.5 Å². The summed E-state index contributed by atoms with van der Waals surface area (Å²) in [5.74, 6) is 0. The van der Waals surface area contributed by atoms with Gasteiger partial charge in [-0.1, -0.05) is 40.9 Å². The van der Waals surface area contributed by atoms with Crippen LogP contribution in [-0.4, -0.2) is 4.98 Å². The van der Waals surface area contributed by atoms with Crippen LogP contribution in [0.5, 0.6) is 0 Å². The average Bonchev–Trinajstić information content (AvgIpc) is 2.77. The molecular weight excluding hydrogens is 303 g/mol. The van der Waals surface area contributed by atoms with Crippen LogP contribution in [0.4, 0.5) is 5.69 Å². The molecule has 1 heterocycles. The molecule has 0 spiro atoms. The first kappa shape index (κ1) is 13.0. The summed E-state index contributed by atoms with van der Waals surface area (Å²) in [4.78, 5) is 4.44. The Morgan fingerprint density at radius 1 is 1.16 bits per heavy atom. The number of aryl methyl sites for hydroxylation is 1. The molecule has 1 unspecified atom stereocenters. The van der Waals surface area contributed by atoms with Crippen molar-refractivity contribution in [2.45, 2.75) is 18.9 Å². The molecule has 1 aliphatic rings. The molecule has 1 N–H and O–H groups in total. The minimum absolute atomic E-state index is 0.146. The summed E-state index contributed by atoms with van der Waals surface area (Å²) in [5, 5.41) is 4.97. The van der Waals surface area contributed by atoms with Crippen molar-refractivity contribution in [1.29, 1.82) is 0 Å². The number of rotatable bonds is 2. The van der Waals surface area contributed by atoms with Gasteiger partial charge in [-0.15, -0.1) is 0 Å². The number of hydrogen-bond acceptors (Lipinski definition) is 2. The Kier molecular flexibility index (Phi) is 3.57. The van der Waals surface area contributed by atoms with E-state index in [1.54, 1.807) is 12.1 Å². The maximum atomic E-state index is 6.19. The third-order valence-electron chi connectivity index (χ3n) is 3.28. The van der Waals surface area contributed by atoms with E-state index < -0.39 is 0 Å². The monoisotopic (exact) mass is 312 g/mol. The molecule has 0 saturated heterocycles. The standard InChI is InChI=1S/C14H11Cl3N2/c15-9-6-10(16)14(11(17)7-9)19-12-4-3-8-2-1-5-18-13(8)12/h1-2,5-7,12,19H,3-4H2. The van der Waals surface area contributed by atoms with Crippen LogP contribution in [0.25, 0.3) is 0 Å². The molecule has 2 nitrogen and oxygen atoms in total. The molecule has 3 rings (SSSR count). The number of hydrogen-bond donors (Lipinski definition) is 1. The number of fused-ring (bicyclic) bond motifs is 1. The Balaban J connectivity index is 1.92. The lowest BCUT2D eigenvalue weighted by Crippen LogP contribution is -2.09. The van der Waals surface area contributed by atoms with Gasteiger partial charge in [0.15, 0.2) is 0 Å². The van der Waals surface area contributed by atoms with Crippen molar-refractivity contribution in [2.75, 3.05) is 5.32 Å². The molecule has 0 aliphatic heterocycles. The highest BCUT2D eigenvalue weighted by Gasteiger charge is 2.24. The first-order valence-corrected chi connectivity index (χ1v) is 7.13. The predicted molar refractivity (Wildman–Crippen MR) is 80.4 cm³/mol. The van der Waals surface area contributed by atoms with E-state index in [0.29, 0.717) is 15.1 Å². The van der Waals surface area contributed by atoms with Crippen LogP contribution in [0.15, 0.2) is 30.5 Å². The number of benzene rings is 1. The number of anilines is 1. The van der Waals surface area contributed by atoms with Gasteiger partial charge in [-0.2, -0.15) is 0 Å². The molecule has 0 amide bonds. The Bertz CT molecular complexity index is 605. The van der Waals surface area contributed by atoms with Crippen molar-refractivity contribution in [2.24, 2.45) is 0 Å². The molecule has 0 fully saturated rings. The summed E-state index contributed by atoms with van der Waals surface area (Å²) in [6.45, 7) is 0. The van der Waals surface area contributed by atoms with Crippen LogP contribution in [0.3, 0.4) is 0 Å². The van der Waals surface area contributed by atoms with E-state index in [-0.39, 0.29) is 6.04 Å². The summed E-state index contributed by atoms with van der Waals surface area (Å²) in [7, 11) is 0. The predicted octanol–water partition coefficient (Wildman–Crippen LogP) is 5.14. The highest BCUT2D eigenvalue weighted by molar-refractivity contribution is 6.41. The van der Waals surface area contributed by atoms with E-state index in [2.05, 4.69) is 16.4 Å². The fraction of sp³-hybridized carbons (Fsp3) is 0.214. The first-order chi connectivity index (χ1) is 9.15. The highest BCUT2D eigenvalue weighted by Crippen LogP contribution is 2.39. The van der Waals surface area contributed by atoms with Gasteiger partial charge in [0.05, 0.1) is 27.5 Å². The second kappa shape index (κ2) is 5.20. The summed E-state index contributed by atoms with van der Waals surface area (Å²) in [6.07, 6.45) is 3.81. The topological polar surface area (TPSA) is 24.9 Å². The van der Waals surface area contributed by atoms with Crippen molar-refractivity contribution in [3.63, 3.8) is 0 Å². The van der Waals surface area contributed by atoms with Crippen LogP contribution < -0.4 is 5.32 Å². The fourth-order valence-corrected chi connectivity index (χ4v) is 3.33.